The highest BCUT2D eigenvalue weighted by molar-refractivity contribution is 7.09. The van der Waals surface area contributed by atoms with Crippen molar-refractivity contribution in [3.63, 3.8) is 0 Å². The van der Waals surface area contributed by atoms with E-state index in [-0.39, 0.29) is 11.8 Å². The average Bonchev–Trinajstić information content (AvgIpc) is 3.29. The fourth-order valence-electron chi connectivity index (χ4n) is 3.67. The van der Waals surface area contributed by atoms with Crippen molar-refractivity contribution < 1.29 is 4.79 Å². The molecule has 2 aromatic heterocycles. The number of carbonyl (C=O) groups excluding carboxylic acids is 1. The van der Waals surface area contributed by atoms with Crippen LogP contribution >= 0.6 is 11.3 Å². The normalized spacial score (nSPS) is 17.8. The minimum absolute atomic E-state index is 0.0561. The number of hydrogen-bond acceptors (Lipinski definition) is 4. The number of aryl methyl sites for hydroxylation is 2. The van der Waals surface area contributed by atoms with Crippen LogP contribution in [0.4, 0.5) is 0 Å². The van der Waals surface area contributed by atoms with E-state index in [0.717, 1.165) is 54.1 Å². The van der Waals surface area contributed by atoms with Gasteiger partial charge in [-0.2, -0.15) is 0 Å². The zero-order valence-electron chi connectivity index (χ0n) is 15.3. The van der Waals surface area contributed by atoms with Crippen LogP contribution in [-0.4, -0.2) is 38.8 Å². The van der Waals surface area contributed by atoms with Crippen LogP contribution < -0.4 is 0 Å². The maximum Gasteiger partial charge on any atom is 0.273 e. The zero-order valence-corrected chi connectivity index (χ0v) is 16.1. The number of aromatic amines is 1. The maximum atomic E-state index is 12.9. The van der Waals surface area contributed by atoms with Crippen LogP contribution in [0, 0.1) is 6.92 Å². The molecule has 1 aliphatic heterocycles. The summed E-state index contributed by atoms with van der Waals surface area (Å²) in [6.45, 7) is 5.72. The molecule has 0 saturated carbocycles. The molecule has 1 saturated heterocycles. The number of amides is 1. The van der Waals surface area contributed by atoms with E-state index in [4.69, 9.17) is 4.98 Å². The lowest BCUT2D eigenvalue weighted by Gasteiger charge is -2.31. The number of thiazole rings is 1. The summed E-state index contributed by atoms with van der Waals surface area (Å²) >= 11 is 1.59. The summed E-state index contributed by atoms with van der Waals surface area (Å²) < 4.78 is 0. The Balaban J connectivity index is 1.52. The number of H-pyrrole nitrogens is 1. The molecule has 0 bridgehead atoms. The highest BCUT2D eigenvalue weighted by Gasteiger charge is 2.28. The second kappa shape index (κ2) is 7.19. The molecule has 1 amide bonds. The van der Waals surface area contributed by atoms with Crippen LogP contribution in [-0.2, 0) is 6.42 Å². The van der Waals surface area contributed by atoms with Crippen molar-refractivity contribution >= 4 is 28.3 Å². The first-order valence-corrected chi connectivity index (χ1v) is 10.2. The average molecular weight is 369 g/mol. The van der Waals surface area contributed by atoms with Crippen LogP contribution in [0.15, 0.2) is 23.6 Å². The van der Waals surface area contributed by atoms with Crippen molar-refractivity contribution in [1.82, 2.24) is 19.9 Å². The van der Waals surface area contributed by atoms with Crippen LogP contribution in [0.3, 0.4) is 0 Å². The topological polar surface area (TPSA) is 61.9 Å². The molecule has 1 N–H and O–H groups in total. The molecule has 26 heavy (non-hydrogen) atoms. The van der Waals surface area contributed by atoms with Crippen molar-refractivity contribution in [2.24, 2.45) is 0 Å². The molecule has 6 heteroatoms. The minimum atomic E-state index is 0.0561. The number of aromatic nitrogens is 3. The molecule has 0 spiro atoms. The molecular weight excluding hydrogens is 344 g/mol. The zero-order chi connectivity index (χ0) is 18.1. The number of carbonyl (C=O) groups is 1. The first kappa shape index (κ1) is 17.2. The van der Waals surface area contributed by atoms with Gasteiger partial charge in [-0.3, -0.25) is 4.79 Å². The lowest BCUT2D eigenvalue weighted by atomic mass is 9.97. The standard InChI is InChI=1S/C20H24N4OS/c1-3-6-17-21-16(12-26-17)20(25)24-10-5-8-14(11-24)19-22-15-9-4-7-13(2)18(15)23-19/h4,7,9,12,14H,3,5-6,8,10-11H2,1-2H3,(H,22,23). The maximum absolute atomic E-state index is 12.9. The van der Waals surface area contributed by atoms with E-state index in [2.05, 4.69) is 35.9 Å². The van der Waals surface area contributed by atoms with Crippen LogP contribution in [0.25, 0.3) is 11.0 Å². The molecule has 0 aliphatic carbocycles. The number of imidazole rings is 1. The van der Waals surface area contributed by atoms with Crippen LogP contribution in [0.1, 0.15) is 59.0 Å². The molecule has 1 atom stereocenters. The van der Waals surface area contributed by atoms with Crippen molar-refractivity contribution in [3.05, 3.63) is 45.7 Å². The first-order chi connectivity index (χ1) is 12.7. The van der Waals surface area contributed by atoms with E-state index < -0.39 is 0 Å². The molecule has 3 heterocycles. The predicted molar refractivity (Wildman–Crippen MR) is 105 cm³/mol. The Labute approximate surface area is 157 Å². The quantitative estimate of drug-likeness (QED) is 0.747. The van der Waals surface area contributed by atoms with Gasteiger partial charge in [-0.05, 0) is 44.2 Å². The Kier molecular flexibility index (Phi) is 4.76. The Morgan fingerprint density at radius 3 is 3.08 bits per heavy atom. The van der Waals surface area contributed by atoms with E-state index >= 15 is 0 Å². The number of para-hydroxylation sites is 1. The van der Waals surface area contributed by atoms with Gasteiger partial charge in [0.05, 0.1) is 16.0 Å². The van der Waals surface area contributed by atoms with Gasteiger partial charge in [0, 0.05) is 24.4 Å². The smallest absolute Gasteiger partial charge is 0.273 e. The Morgan fingerprint density at radius 2 is 2.27 bits per heavy atom. The SMILES string of the molecule is CCCc1nc(C(=O)N2CCCC(c3nc4c(C)cccc4[nH]3)C2)cs1. The van der Waals surface area contributed by atoms with E-state index in [9.17, 15) is 4.79 Å². The van der Waals surface area contributed by atoms with Gasteiger partial charge < -0.3 is 9.88 Å². The third-order valence-corrected chi connectivity index (χ3v) is 5.97. The fourth-order valence-corrected chi connectivity index (χ4v) is 4.55. The number of piperidine rings is 1. The lowest BCUT2D eigenvalue weighted by Crippen LogP contribution is -2.39. The Morgan fingerprint density at radius 1 is 1.38 bits per heavy atom. The largest absolute Gasteiger partial charge is 0.342 e. The van der Waals surface area contributed by atoms with Gasteiger partial charge in [-0.1, -0.05) is 19.1 Å². The predicted octanol–water partition coefficient (Wildman–Crippen LogP) is 4.30. The molecular formula is C20H24N4OS. The molecule has 1 unspecified atom stereocenters. The Hall–Kier alpha value is -2.21. The van der Waals surface area contributed by atoms with E-state index in [1.807, 2.05) is 16.3 Å². The van der Waals surface area contributed by atoms with Gasteiger partial charge in [0.15, 0.2) is 0 Å². The third-order valence-electron chi connectivity index (χ3n) is 5.06. The van der Waals surface area contributed by atoms with E-state index in [0.29, 0.717) is 12.2 Å². The molecule has 136 valence electrons. The number of nitrogens with zero attached hydrogens (tertiary/aromatic N) is 3. The molecule has 0 radical (unpaired) electrons. The summed E-state index contributed by atoms with van der Waals surface area (Å²) in [5.74, 6) is 1.31. The van der Waals surface area contributed by atoms with Crippen molar-refractivity contribution in [2.75, 3.05) is 13.1 Å². The molecule has 4 rings (SSSR count). The molecule has 3 aromatic rings. The van der Waals surface area contributed by atoms with Gasteiger partial charge in [-0.25, -0.2) is 9.97 Å². The second-order valence-corrected chi connectivity index (χ2v) is 8.00. The summed E-state index contributed by atoms with van der Waals surface area (Å²) in [5.41, 5.74) is 3.89. The van der Waals surface area contributed by atoms with Crippen molar-refractivity contribution in [1.29, 1.82) is 0 Å². The summed E-state index contributed by atoms with van der Waals surface area (Å²) in [5, 5.41) is 2.96. The highest BCUT2D eigenvalue weighted by Crippen LogP contribution is 2.28. The van der Waals surface area contributed by atoms with Gasteiger partial charge in [0.2, 0.25) is 0 Å². The molecule has 1 aromatic carbocycles. The molecule has 1 fully saturated rings. The van der Waals surface area contributed by atoms with Gasteiger partial charge in [-0.15, -0.1) is 11.3 Å². The van der Waals surface area contributed by atoms with Gasteiger partial charge in [0.25, 0.3) is 5.91 Å². The van der Waals surface area contributed by atoms with Crippen molar-refractivity contribution in [3.8, 4) is 0 Å². The lowest BCUT2D eigenvalue weighted by molar-refractivity contribution is 0.0699. The van der Waals surface area contributed by atoms with Crippen molar-refractivity contribution in [2.45, 2.75) is 45.4 Å². The summed E-state index contributed by atoms with van der Waals surface area (Å²) in [4.78, 5) is 27.6. The number of likely N-dealkylation sites (tertiary alicyclic amines) is 1. The first-order valence-electron chi connectivity index (χ1n) is 9.34. The monoisotopic (exact) mass is 368 g/mol. The number of rotatable bonds is 4. The number of fused-ring (bicyclic) bond motifs is 1. The summed E-state index contributed by atoms with van der Waals surface area (Å²) in [7, 11) is 0. The summed E-state index contributed by atoms with van der Waals surface area (Å²) in [6, 6.07) is 6.20. The van der Waals surface area contributed by atoms with E-state index in [1.54, 1.807) is 11.3 Å². The number of nitrogens with one attached hydrogen (secondary N) is 1. The minimum Gasteiger partial charge on any atom is -0.342 e. The highest BCUT2D eigenvalue weighted by atomic mass is 32.1. The number of hydrogen-bond donors (Lipinski definition) is 1. The third kappa shape index (κ3) is 3.26. The van der Waals surface area contributed by atoms with Gasteiger partial charge in [0.1, 0.15) is 11.5 Å². The van der Waals surface area contributed by atoms with Gasteiger partial charge >= 0.3 is 0 Å². The summed E-state index contributed by atoms with van der Waals surface area (Å²) in [6.07, 6.45) is 4.05. The Bertz CT molecular complexity index is 929. The van der Waals surface area contributed by atoms with E-state index in [1.165, 1.54) is 5.56 Å². The number of benzene rings is 1. The fraction of sp³-hybridized carbons (Fsp3) is 0.450. The molecule has 5 nitrogen and oxygen atoms in total. The van der Waals surface area contributed by atoms with Crippen LogP contribution in [0.5, 0.6) is 0 Å². The second-order valence-electron chi connectivity index (χ2n) is 7.06. The van der Waals surface area contributed by atoms with Crippen LogP contribution in [0.2, 0.25) is 0 Å². The molecule has 1 aliphatic rings.